The van der Waals surface area contributed by atoms with Crippen LogP contribution in [-0.4, -0.2) is 21.0 Å². The van der Waals surface area contributed by atoms with Gasteiger partial charge >= 0.3 is 5.97 Å². The molecule has 0 spiro atoms. The zero-order valence-electron chi connectivity index (χ0n) is 13.3. The molecule has 1 N–H and O–H groups in total. The number of benzene rings is 2. The minimum absolute atomic E-state index is 0.00433. The number of hydrogen-bond acceptors (Lipinski definition) is 4. The topological polar surface area (TPSA) is 93.3 Å². The molecule has 0 aliphatic heterocycles. The summed E-state index contributed by atoms with van der Waals surface area (Å²) in [6.07, 6.45) is 3.31. The number of aromatic carboxylic acids is 1. The number of nitro groups is 1. The minimum atomic E-state index is -1.03. The van der Waals surface area contributed by atoms with E-state index in [0.29, 0.717) is 22.2 Å². The van der Waals surface area contributed by atoms with Crippen molar-refractivity contribution in [2.75, 3.05) is 0 Å². The first-order chi connectivity index (χ1) is 11.9. The smallest absolute Gasteiger partial charge is 0.336 e. The van der Waals surface area contributed by atoms with Crippen molar-refractivity contribution in [3.8, 4) is 0 Å². The van der Waals surface area contributed by atoms with Crippen LogP contribution in [0.5, 0.6) is 0 Å². The van der Waals surface area contributed by atoms with Crippen molar-refractivity contribution in [3.63, 3.8) is 0 Å². The van der Waals surface area contributed by atoms with Gasteiger partial charge in [-0.05, 0) is 36.8 Å². The summed E-state index contributed by atoms with van der Waals surface area (Å²) < 4.78 is 0. The van der Waals surface area contributed by atoms with Crippen LogP contribution in [-0.2, 0) is 0 Å². The molecule has 2 aromatic carbocycles. The van der Waals surface area contributed by atoms with Crippen LogP contribution < -0.4 is 0 Å². The van der Waals surface area contributed by atoms with Gasteiger partial charge in [-0.1, -0.05) is 29.8 Å². The quantitative estimate of drug-likeness (QED) is 0.566. The van der Waals surface area contributed by atoms with E-state index in [-0.39, 0.29) is 11.3 Å². The molecule has 6 heteroatoms. The fourth-order valence-electron chi connectivity index (χ4n) is 2.55. The van der Waals surface area contributed by atoms with E-state index in [1.54, 1.807) is 36.4 Å². The van der Waals surface area contributed by atoms with Crippen LogP contribution in [0.25, 0.3) is 23.1 Å². The van der Waals surface area contributed by atoms with Gasteiger partial charge in [-0.25, -0.2) is 9.78 Å². The van der Waals surface area contributed by atoms with Crippen LogP contribution in [0.2, 0.25) is 0 Å². The van der Waals surface area contributed by atoms with Crippen molar-refractivity contribution in [3.05, 3.63) is 81.0 Å². The van der Waals surface area contributed by atoms with Gasteiger partial charge in [0.1, 0.15) is 0 Å². The molecule has 0 radical (unpaired) electrons. The predicted octanol–water partition coefficient (Wildman–Crippen LogP) is 4.32. The van der Waals surface area contributed by atoms with Crippen LogP contribution >= 0.6 is 0 Å². The van der Waals surface area contributed by atoms with Gasteiger partial charge in [0, 0.05) is 17.5 Å². The molecule has 0 unspecified atom stereocenters. The number of carboxylic acid groups (broad SMARTS) is 1. The molecule has 124 valence electrons. The summed E-state index contributed by atoms with van der Waals surface area (Å²) in [7, 11) is 0. The first-order valence-electron chi connectivity index (χ1n) is 7.51. The summed E-state index contributed by atoms with van der Waals surface area (Å²) >= 11 is 0. The molecule has 6 nitrogen and oxygen atoms in total. The van der Waals surface area contributed by atoms with Gasteiger partial charge < -0.3 is 5.11 Å². The van der Waals surface area contributed by atoms with E-state index in [0.717, 1.165) is 5.56 Å². The third kappa shape index (κ3) is 3.53. The number of aromatic nitrogens is 1. The van der Waals surface area contributed by atoms with Crippen molar-refractivity contribution >= 4 is 34.7 Å². The van der Waals surface area contributed by atoms with Crippen molar-refractivity contribution < 1.29 is 14.8 Å². The van der Waals surface area contributed by atoms with Gasteiger partial charge in [-0.15, -0.1) is 0 Å². The lowest BCUT2D eigenvalue weighted by atomic mass is 10.0. The van der Waals surface area contributed by atoms with Crippen molar-refractivity contribution in [1.82, 2.24) is 4.98 Å². The molecule has 1 heterocycles. The van der Waals surface area contributed by atoms with Gasteiger partial charge in [0.25, 0.3) is 5.69 Å². The number of carboxylic acids is 1. The van der Waals surface area contributed by atoms with E-state index in [1.807, 2.05) is 13.0 Å². The lowest BCUT2D eigenvalue weighted by Crippen LogP contribution is -2.00. The molecule has 0 aliphatic rings. The van der Waals surface area contributed by atoms with Gasteiger partial charge in [0.15, 0.2) is 0 Å². The predicted molar refractivity (Wildman–Crippen MR) is 95.5 cm³/mol. The third-order valence-corrected chi connectivity index (χ3v) is 3.74. The normalized spacial score (nSPS) is 11.1. The number of fused-ring (bicyclic) bond motifs is 1. The number of nitro benzene ring substituents is 1. The Hall–Kier alpha value is -3.54. The van der Waals surface area contributed by atoms with Crippen molar-refractivity contribution in [2.24, 2.45) is 0 Å². The Bertz CT molecular complexity index is 1030. The summed E-state index contributed by atoms with van der Waals surface area (Å²) in [5.74, 6) is -1.03. The van der Waals surface area contributed by atoms with E-state index in [4.69, 9.17) is 0 Å². The Balaban J connectivity index is 2.04. The monoisotopic (exact) mass is 334 g/mol. The zero-order chi connectivity index (χ0) is 18.0. The average molecular weight is 334 g/mol. The molecule has 0 saturated heterocycles. The molecular weight excluding hydrogens is 320 g/mol. The van der Waals surface area contributed by atoms with Crippen molar-refractivity contribution in [2.45, 2.75) is 6.92 Å². The number of aryl methyl sites for hydroxylation is 1. The fourth-order valence-corrected chi connectivity index (χ4v) is 2.55. The molecule has 3 aromatic rings. The first kappa shape index (κ1) is 16.3. The van der Waals surface area contributed by atoms with E-state index in [1.165, 1.54) is 18.2 Å². The van der Waals surface area contributed by atoms with E-state index < -0.39 is 10.9 Å². The molecule has 0 atom stereocenters. The third-order valence-electron chi connectivity index (χ3n) is 3.74. The maximum Gasteiger partial charge on any atom is 0.336 e. The Labute approximate surface area is 143 Å². The van der Waals surface area contributed by atoms with E-state index in [2.05, 4.69) is 4.98 Å². The number of nitrogens with zero attached hydrogens (tertiary/aromatic N) is 2. The summed E-state index contributed by atoms with van der Waals surface area (Å²) in [5.41, 5.74) is 2.82. The Morgan fingerprint density at radius 3 is 2.68 bits per heavy atom. The number of rotatable bonds is 4. The zero-order valence-corrected chi connectivity index (χ0v) is 13.3. The highest BCUT2D eigenvalue weighted by Gasteiger charge is 2.11. The second kappa shape index (κ2) is 6.52. The molecule has 0 amide bonds. The summed E-state index contributed by atoms with van der Waals surface area (Å²) in [5, 5.41) is 20.9. The summed E-state index contributed by atoms with van der Waals surface area (Å²) in [6, 6.07) is 13.1. The minimum Gasteiger partial charge on any atom is -0.478 e. The summed E-state index contributed by atoms with van der Waals surface area (Å²) in [4.78, 5) is 26.4. The maximum atomic E-state index is 11.5. The van der Waals surface area contributed by atoms with E-state index in [9.17, 15) is 20.0 Å². The van der Waals surface area contributed by atoms with Crippen LogP contribution in [0.4, 0.5) is 5.69 Å². The first-order valence-corrected chi connectivity index (χ1v) is 7.51. The van der Waals surface area contributed by atoms with Gasteiger partial charge in [0.2, 0.25) is 0 Å². The number of pyridine rings is 1. The van der Waals surface area contributed by atoms with Crippen LogP contribution in [0, 0.1) is 17.0 Å². The lowest BCUT2D eigenvalue weighted by molar-refractivity contribution is -0.384. The fraction of sp³-hybridized carbons (Fsp3) is 0.0526. The van der Waals surface area contributed by atoms with E-state index >= 15 is 0 Å². The Morgan fingerprint density at radius 1 is 1.16 bits per heavy atom. The Kier molecular flexibility index (Phi) is 4.26. The average Bonchev–Trinajstić information content (AvgIpc) is 2.59. The van der Waals surface area contributed by atoms with Crippen LogP contribution in [0.15, 0.2) is 48.5 Å². The largest absolute Gasteiger partial charge is 0.478 e. The highest BCUT2D eigenvalue weighted by Crippen LogP contribution is 2.22. The number of hydrogen-bond donors (Lipinski definition) is 1. The molecule has 0 saturated carbocycles. The maximum absolute atomic E-state index is 11.5. The molecule has 0 fully saturated rings. The number of carbonyl (C=O) groups is 1. The standard InChI is InChI=1S/C19H14N2O4/c1-12-5-8-18-16(9-12)17(19(22)23)11-14(20-18)7-6-13-3-2-4-15(10-13)21(24)25/h2-11H,1H3,(H,22,23)/b7-6+. The van der Waals surface area contributed by atoms with Gasteiger partial charge in [-0.3, -0.25) is 10.1 Å². The highest BCUT2D eigenvalue weighted by molar-refractivity contribution is 6.03. The number of non-ortho nitro benzene ring substituents is 1. The second-order valence-corrected chi connectivity index (χ2v) is 5.61. The molecule has 1 aromatic heterocycles. The SMILES string of the molecule is Cc1ccc2nc(/C=C/c3cccc([N+](=O)[O-])c3)cc(C(=O)O)c2c1. The molecule has 0 bridgehead atoms. The van der Waals surface area contributed by atoms with Crippen LogP contribution in [0.3, 0.4) is 0 Å². The van der Waals surface area contributed by atoms with Crippen molar-refractivity contribution in [1.29, 1.82) is 0 Å². The van der Waals surface area contributed by atoms with Crippen LogP contribution in [0.1, 0.15) is 27.2 Å². The molecule has 25 heavy (non-hydrogen) atoms. The summed E-state index contributed by atoms with van der Waals surface area (Å²) in [6.45, 7) is 1.89. The second-order valence-electron chi connectivity index (χ2n) is 5.61. The Morgan fingerprint density at radius 2 is 1.96 bits per heavy atom. The lowest BCUT2D eigenvalue weighted by Gasteiger charge is -2.05. The highest BCUT2D eigenvalue weighted by atomic mass is 16.6. The molecule has 0 aliphatic carbocycles. The molecular formula is C19H14N2O4. The van der Waals surface area contributed by atoms with Gasteiger partial charge in [0.05, 0.1) is 21.7 Å². The molecule has 3 rings (SSSR count). The van der Waals surface area contributed by atoms with Gasteiger partial charge in [-0.2, -0.15) is 0 Å².